The molecule has 2 aromatic rings. The lowest BCUT2D eigenvalue weighted by Crippen LogP contribution is -2.23. The normalized spacial score (nSPS) is 10.5. The minimum Gasteiger partial charge on any atom is -0.465 e. The Kier molecular flexibility index (Phi) is 5.03. The molecule has 0 atom stereocenters. The summed E-state index contributed by atoms with van der Waals surface area (Å²) in [6.45, 7) is 3.61. The summed E-state index contributed by atoms with van der Waals surface area (Å²) in [7, 11) is 3.08. The molecule has 0 unspecified atom stereocenters. The van der Waals surface area contributed by atoms with Gasteiger partial charge in [-0.1, -0.05) is 23.9 Å². The van der Waals surface area contributed by atoms with Crippen molar-refractivity contribution in [2.75, 3.05) is 7.11 Å². The summed E-state index contributed by atoms with van der Waals surface area (Å²) >= 11 is 1.46. The van der Waals surface area contributed by atoms with E-state index in [9.17, 15) is 9.59 Å². The molecule has 5 nitrogen and oxygen atoms in total. The molecule has 0 aliphatic heterocycles. The van der Waals surface area contributed by atoms with Gasteiger partial charge in [0.1, 0.15) is 0 Å². The molecule has 0 aliphatic carbocycles. The molecule has 22 heavy (non-hydrogen) atoms. The van der Waals surface area contributed by atoms with E-state index in [1.54, 1.807) is 30.7 Å². The van der Waals surface area contributed by atoms with Gasteiger partial charge in [-0.25, -0.2) is 9.78 Å². The van der Waals surface area contributed by atoms with Gasteiger partial charge in [-0.05, 0) is 31.5 Å². The standard InChI is InChI=1S/C16H18N2O3S/c1-10-11(2)17-16(18(3)14(10)19)22-9-12-6-5-7-13(8-12)15(20)21-4/h5-8H,9H2,1-4H3. The molecule has 1 aromatic carbocycles. The molecule has 1 heterocycles. The quantitative estimate of drug-likeness (QED) is 0.492. The Hall–Kier alpha value is -2.08. The molecule has 0 aliphatic rings. The van der Waals surface area contributed by atoms with Crippen molar-refractivity contribution in [1.29, 1.82) is 0 Å². The highest BCUT2D eigenvalue weighted by molar-refractivity contribution is 7.98. The average molecular weight is 318 g/mol. The molecular formula is C16H18N2O3S. The maximum atomic E-state index is 12.1. The van der Waals surface area contributed by atoms with Crippen LogP contribution in [0.3, 0.4) is 0 Å². The summed E-state index contributed by atoms with van der Waals surface area (Å²) in [5, 5.41) is 0.663. The number of ether oxygens (including phenoxy) is 1. The number of nitrogens with zero attached hydrogens (tertiary/aromatic N) is 2. The molecule has 0 radical (unpaired) electrons. The molecule has 0 bridgehead atoms. The number of rotatable bonds is 4. The van der Waals surface area contributed by atoms with Crippen molar-refractivity contribution in [2.24, 2.45) is 7.05 Å². The van der Waals surface area contributed by atoms with E-state index in [2.05, 4.69) is 4.98 Å². The molecule has 0 saturated carbocycles. The summed E-state index contributed by atoms with van der Waals surface area (Å²) in [4.78, 5) is 28.0. The number of hydrogen-bond acceptors (Lipinski definition) is 5. The van der Waals surface area contributed by atoms with Gasteiger partial charge in [0, 0.05) is 24.1 Å². The second-order valence-corrected chi connectivity index (χ2v) is 5.89. The maximum Gasteiger partial charge on any atom is 0.337 e. The van der Waals surface area contributed by atoms with Crippen LogP contribution in [-0.2, 0) is 17.5 Å². The second kappa shape index (κ2) is 6.79. The van der Waals surface area contributed by atoms with Gasteiger partial charge >= 0.3 is 5.97 Å². The van der Waals surface area contributed by atoms with Crippen LogP contribution >= 0.6 is 11.8 Å². The summed E-state index contributed by atoms with van der Waals surface area (Å²) in [5.41, 5.74) is 2.87. The van der Waals surface area contributed by atoms with Gasteiger partial charge in [-0.15, -0.1) is 0 Å². The van der Waals surface area contributed by atoms with Gasteiger partial charge < -0.3 is 4.74 Å². The Balaban J connectivity index is 2.21. The van der Waals surface area contributed by atoms with E-state index in [-0.39, 0.29) is 11.5 Å². The monoisotopic (exact) mass is 318 g/mol. The van der Waals surface area contributed by atoms with Crippen LogP contribution in [-0.4, -0.2) is 22.6 Å². The van der Waals surface area contributed by atoms with Crippen LogP contribution in [0.25, 0.3) is 0 Å². The number of aryl methyl sites for hydroxylation is 1. The average Bonchev–Trinajstić information content (AvgIpc) is 2.54. The molecule has 1 aromatic heterocycles. The van der Waals surface area contributed by atoms with Crippen molar-refractivity contribution in [3.05, 3.63) is 57.0 Å². The van der Waals surface area contributed by atoms with Crippen molar-refractivity contribution >= 4 is 17.7 Å². The lowest BCUT2D eigenvalue weighted by molar-refractivity contribution is 0.0600. The molecule has 6 heteroatoms. The van der Waals surface area contributed by atoms with Crippen LogP contribution in [0.5, 0.6) is 0 Å². The van der Waals surface area contributed by atoms with Gasteiger partial charge in [-0.2, -0.15) is 0 Å². The summed E-state index contributed by atoms with van der Waals surface area (Å²) in [6, 6.07) is 7.25. The van der Waals surface area contributed by atoms with E-state index in [0.29, 0.717) is 22.0 Å². The number of hydrogen-bond donors (Lipinski definition) is 0. The summed E-state index contributed by atoms with van der Waals surface area (Å²) < 4.78 is 6.27. The topological polar surface area (TPSA) is 61.2 Å². The zero-order valence-electron chi connectivity index (χ0n) is 13.0. The number of thioether (sulfide) groups is 1. The Labute approximate surface area is 133 Å². The highest BCUT2D eigenvalue weighted by Gasteiger charge is 2.10. The van der Waals surface area contributed by atoms with E-state index >= 15 is 0 Å². The molecule has 116 valence electrons. The zero-order valence-corrected chi connectivity index (χ0v) is 13.9. The molecule has 2 rings (SSSR count). The molecule has 0 amide bonds. The maximum absolute atomic E-state index is 12.1. The number of carbonyl (C=O) groups excluding carboxylic acids is 1. The highest BCUT2D eigenvalue weighted by atomic mass is 32.2. The van der Waals surface area contributed by atoms with Crippen molar-refractivity contribution in [3.8, 4) is 0 Å². The molecule has 0 saturated heterocycles. The molecular weight excluding hydrogens is 300 g/mol. The van der Waals surface area contributed by atoms with Crippen LogP contribution < -0.4 is 5.56 Å². The lowest BCUT2D eigenvalue weighted by atomic mass is 10.1. The largest absolute Gasteiger partial charge is 0.465 e. The van der Waals surface area contributed by atoms with Crippen LogP contribution in [0.1, 0.15) is 27.2 Å². The fourth-order valence-electron chi connectivity index (χ4n) is 1.98. The minimum atomic E-state index is -0.358. The fourth-order valence-corrected chi connectivity index (χ4v) is 2.93. The predicted molar refractivity (Wildman–Crippen MR) is 86.3 cm³/mol. The van der Waals surface area contributed by atoms with Gasteiger partial charge in [0.25, 0.3) is 5.56 Å². The Morgan fingerprint density at radius 2 is 2.09 bits per heavy atom. The first-order valence-electron chi connectivity index (χ1n) is 6.78. The van der Waals surface area contributed by atoms with Gasteiger partial charge in [-0.3, -0.25) is 9.36 Å². The Morgan fingerprint density at radius 1 is 1.36 bits per heavy atom. The number of methoxy groups -OCH3 is 1. The van der Waals surface area contributed by atoms with Crippen LogP contribution in [0.2, 0.25) is 0 Å². The van der Waals surface area contributed by atoms with E-state index in [0.717, 1.165) is 11.3 Å². The highest BCUT2D eigenvalue weighted by Crippen LogP contribution is 2.21. The first-order valence-corrected chi connectivity index (χ1v) is 7.77. The van der Waals surface area contributed by atoms with Gasteiger partial charge in [0.05, 0.1) is 12.7 Å². The van der Waals surface area contributed by atoms with Crippen molar-refractivity contribution in [1.82, 2.24) is 9.55 Å². The zero-order chi connectivity index (χ0) is 16.3. The van der Waals surface area contributed by atoms with Crippen LogP contribution in [0, 0.1) is 13.8 Å². The van der Waals surface area contributed by atoms with Crippen molar-refractivity contribution < 1.29 is 9.53 Å². The first-order chi connectivity index (χ1) is 10.4. The van der Waals surface area contributed by atoms with Gasteiger partial charge in [0.15, 0.2) is 5.16 Å². The van der Waals surface area contributed by atoms with Crippen molar-refractivity contribution in [3.63, 3.8) is 0 Å². The smallest absolute Gasteiger partial charge is 0.337 e. The number of esters is 1. The number of carbonyl (C=O) groups is 1. The number of benzene rings is 1. The minimum absolute atomic E-state index is 0.0293. The van der Waals surface area contributed by atoms with Gasteiger partial charge in [0.2, 0.25) is 0 Å². The van der Waals surface area contributed by atoms with Crippen LogP contribution in [0.4, 0.5) is 0 Å². The Bertz CT molecular complexity index is 768. The summed E-state index contributed by atoms with van der Waals surface area (Å²) in [5.74, 6) is 0.261. The van der Waals surface area contributed by atoms with E-state index in [4.69, 9.17) is 4.74 Å². The second-order valence-electron chi connectivity index (χ2n) is 4.95. The Morgan fingerprint density at radius 3 is 2.77 bits per heavy atom. The third kappa shape index (κ3) is 3.39. The van der Waals surface area contributed by atoms with E-state index in [1.807, 2.05) is 19.1 Å². The molecule has 0 spiro atoms. The SMILES string of the molecule is COC(=O)c1cccc(CSc2nc(C)c(C)c(=O)n2C)c1. The molecule has 0 N–H and O–H groups in total. The first kappa shape index (κ1) is 16.3. The van der Waals surface area contributed by atoms with Crippen molar-refractivity contribution in [2.45, 2.75) is 24.8 Å². The number of aromatic nitrogens is 2. The van der Waals surface area contributed by atoms with E-state index < -0.39 is 0 Å². The lowest BCUT2D eigenvalue weighted by Gasteiger charge is -2.10. The van der Waals surface area contributed by atoms with Crippen LogP contribution in [0.15, 0.2) is 34.2 Å². The predicted octanol–water partition coefficient (Wildman–Crippen LogP) is 2.48. The fraction of sp³-hybridized carbons (Fsp3) is 0.312. The third-order valence-electron chi connectivity index (χ3n) is 3.43. The molecule has 0 fully saturated rings. The summed E-state index contributed by atoms with van der Waals surface area (Å²) in [6.07, 6.45) is 0. The van der Waals surface area contributed by atoms with E-state index in [1.165, 1.54) is 18.9 Å². The third-order valence-corrected chi connectivity index (χ3v) is 4.54.